The van der Waals surface area contributed by atoms with Gasteiger partial charge in [-0.25, -0.2) is 8.42 Å². The van der Waals surface area contributed by atoms with E-state index in [1.165, 1.54) is 54.8 Å². The molecule has 9 heteroatoms. The fourth-order valence-electron chi connectivity index (χ4n) is 3.43. The van der Waals surface area contributed by atoms with Crippen molar-refractivity contribution in [1.29, 1.82) is 0 Å². The van der Waals surface area contributed by atoms with E-state index in [1.807, 2.05) is 0 Å². The predicted molar refractivity (Wildman–Crippen MR) is 138 cm³/mol. The lowest BCUT2D eigenvalue weighted by Gasteiger charge is -2.13. The largest absolute Gasteiger partial charge is 0.497 e. The standard InChI is InChI=1S/C25H28N2O5S2/c1-17-11-18(2)13-19(12-17)15-33-16-25(28)26-20-5-8-22(9-6-20)34(29,30)27-23-14-21(31-3)7-10-24(23)32-4/h5-14,27H,15-16H2,1-4H3,(H,26,28). The summed E-state index contributed by atoms with van der Waals surface area (Å²) in [6, 6.07) is 17.2. The van der Waals surface area contributed by atoms with E-state index in [0.717, 1.165) is 5.75 Å². The summed E-state index contributed by atoms with van der Waals surface area (Å²) >= 11 is 1.53. The van der Waals surface area contributed by atoms with Gasteiger partial charge >= 0.3 is 0 Å². The molecule has 0 spiro atoms. The van der Waals surface area contributed by atoms with Crippen molar-refractivity contribution in [3.8, 4) is 11.5 Å². The molecule has 0 aromatic heterocycles. The third-order valence-corrected chi connectivity index (χ3v) is 7.27. The van der Waals surface area contributed by atoms with E-state index >= 15 is 0 Å². The number of carbonyl (C=O) groups excluding carboxylic acids is 1. The van der Waals surface area contributed by atoms with Crippen LogP contribution in [0.3, 0.4) is 0 Å². The van der Waals surface area contributed by atoms with Crippen molar-refractivity contribution in [3.63, 3.8) is 0 Å². The number of rotatable bonds is 10. The molecule has 3 aromatic carbocycles. The molecule has 0 radical (unpaired) electrons. The summed E-state index contributed by atoms with van der Waals surface area (Å²) in [7, 11) is -0.920. The fourth-order valence-corrected chi connectivity index (χ4v) is 5.25. The Morgan fingerprint density at radius 1 is 0.912 bits per heavy atom. The highest BCUT2D eigenvalue weighted by Crippen LogP contribution is 2.31. The van der Waals surface area contributed by atoms with Gasteiger partial charge in [-0.1, -0.05) is 29.3 Å². The lowest BCUT2D eigenvalue weighted by molar-refractivity contribution is -0.113. The van der Waals surface area contributed by atoms with E-state index in [9.17, 15) is 13.2 Å². The number of methoxy groups -OCH3 is 2. The summed E-state index contributed by atoms with van der Waals surface area (Å²) in [5.41, 5.74) is 4.38. The molecule has 0 aliphatic rings. The molecular formula is C25H28N2O5S2. The summed E-state index contributed by atoms with van der Waals surface area (Å²) < 4.78 is 38.6. The van der Waals surface area contributed by atoms with Crippen LogP contribution in [0.25, 0.3) is 0 Å². The quantitative estimate of drug-likeness (QED) is 0.407. The molecule has 1 amide bonds. The minimum atomic E-state index is -3.87. The van der Waals surface area contributed by atoms with Crippen molar-refractivity contribution in [1.82, 2.24) is 0 Å². The number of amides is 1. The fraction of sp³-hybridized carbons (Fsp3) is 0.240. The second-order valence-electron chi connectivity index (χ2n) is 7.73. The number of sulfonamides is 1. The topological polar surface area (TPSA) is 93.7 Å². The molecule has 0 bridgehead atoms. The van der Waals surface area contributed by atoms with Crippen molar-refractivity contribution in [2.24, 2.45) is 0 Å². The molecule has 0 saturated heterocycles. The Hall–Kier alpha value is -3.17. The minimum absolute atomic E-state index is 0.0552. The highest BCUT2D eigenvalue weighted by Gasteiger charge is 2.17. The number of hydrogen-bond acceptors (Lipinski definition) is 6. The Balaban J connectivity index is 1.59. The van der Waals surface area contributed by atoms with Crippen LogP contribution in [0.2, 0.25) is 0 Å². The molecule has 0 aliphatic heterocycles. The maximum atomic E-state index is 12.8. The van der Waals surface area contributed by atoms with Crippen LogP contribution in [-0.4, -0.2) is 34.3 Å². The van der Waals surface area contributed by atoms with Crippen molar-refractivity contribution in [2.75, 3.05) is 30.0 Å². The van der Waals surface area contributed by atoms with Crippen LogP contribution in [-0.2, 0) is 20.6 Å². The average molecular weight is 501 g/mol. The SMILES string of the molecule is COc1ccc(OC)c(NS(=O)(=O)c2ccc(NC(=O)CSCc3cc(C)cc(C)c3)cc2)c1. The van der Waals surface area contributed by atoms with Crippen LogP contribution in [0.15, 0.2) is 65.6 Å². The van der Waals surface area contributed by atoms with E-state index in [-0.39, 0.29) is 16.5 Å². The van der Waals surface area contributed by atoms with Crippen LogP contribution < -0.4 is 19.5 Å². The van der Waals surface area contributed by atoms with Gasteiger partial charge in [0.2, 0.25) is 5.91 Å². The van der Waals surface area contributed by atoms with Gasteiger partial charge in [-0.2, -0.15) is 0 Å². The zero-order valence-electron chi connectivity index (χ0n) is 19.5. The van der Waals surface area contributed by atoms with Gasteiger partial charge in [0, 0.05) is 17.5 Å². The van der Waals surface area contributed by atoms with Crippen molar-refractivity contribution < 1.29 is 22.7 Å². The second kappa shape index (κ2) is 11.3. The van der Waals surface area contributed by atoms with Crippen molar-refractivity contribution >= 4 is 39.1 Å². The molecule has 0 fully saturated rings. The number of aryl methyl sites for hydroxylation is 2. The summed E-state index contributed by atoms with van der Waals surface area (Å²) in [6.07, 6.45) is 0. The first kappa shape index (κ1) is 25.5. The highest BCUT2D eigenvalue weighted by atomic mass is 32.2. The molecule has 34 heavy (non-hydrogen) atoms. The molecule has 0 unspecified atom stereocenters. The van der Waals surface area contributed by atoms with Gasteiger partial charge in [0.15, 0.2) is 0 Å². The monoisotopic (exact) mass is 500 g/mol. The third-order valence-electron chi connectivity index (χ3n) is 4.88. The highest BCUT2D eigenvalue weighted by molar-refractivity contribution is 7.99. The molecule has 0 saturated carbocycles. The van der Waals surface area contributed by atoms with Gasteiger partial charge in [0.25, 0.3) is 10.0 Å². The van der Waals surface area contributed by atoms with Crippen molar-refractivity contribution in [2.45, 2.75) is 24.5 Å². The summed E-state index contributed by atoms with van der Waals surface area (Å²) in [6.45, 7) is 4.11. The molecule has 2 N–H and O–H groups in total. The van der Waals surface area contributed by atoms with E-state index in [0.29, 0.717) is 22.9 Å². The van der Waals surface area contributed by atoms with Crippen molar-refractivity contribution in [3.05, 3.63) is 77.4 Å². The average Bonchev–Trinajstić information content (AvgIpc) is 2.78. The maximum Gasteiger partial charge on any atom is 0.262 e. The zero-order valence-corrected chi connectivity index (χ0v) is 21.2. The first-order chi connectivity index (χ1) is 16.2. The number of carbonyl (C=O) groups is 1. The van der Waals surface area contributed by atoms with Gasteiger partial charge in [0.1, 0.15) is 11.5 Å². The van der Waals surface area contributed by atoms with Gasteiger partial charge < -0.3 is 14.8 Å². The first-order valence-electron chi connectivity index (χ1n) is 10.5. The molecule has 0 aliphatic carbocycles. The minimum Gasteiger partial charge on any atom is -0.497 e. The summed E-state index contributed by atoms with van der Waals surface area (Å²) in [5, 5.41) is 2.80. The Morgan fingerprint density at radius 2 is 1.59 bits per heavy atom. The number of ether oxygens (including phenoxy) is 2. The van der Waals surface area contributed by atoms with Crippen LogP contribution in [0, 0.1) is 13.8 Å². The van der Waals surface area contributed by atoms with Gasteiger partial charge in [-0.05, 0) is 55.8 Å². The number of thioether (sulfide) groups is 1. The zero-order chi connectivity index (χ0) is 24.7. The van der Waals surface area contributed by atoms with Crippen LogP contribution in [0.4, 0.5) is 11.4 Å². The predicted octanol–water partition coefficient (Wildman–Crippen LogP) is 4.99. The Labute approximate surface area is 204 Å². The van der Waals surface area contributed by atoms with Gasteiger partial charge in [-0.15, -0.1) is 11.8 Å². The number of anilines is 2. The molecule has 180 valence electrons. The maximum absolute atomic E-state index is 12.8. The second-order valence-corrected chi connectivity index (χ2v) is 10.4. The van der Waals surface area contributed by atoms with E-state index in [4.69, 9.17) is 9.47 Å². The summed E-state index contributed by atoms with van der Waals surface area (Å²) in [5.74, 6) is 1.75. The van der Waals surface area contributed by atoms with Gasteiger partial charge in [0.05, 0.1) is 30.6 Å². The van der Waals surface area contributed by atoms with Crippen LogP contribution in [0.5, 0.6) is 11.5 Å². The Morgan fingerprint density at radius 3 is 2.21 bits per heavy atom. The molecule has 7 nitrogen and oxygen atoms in total. The molecule has 0 atom stereocenters. The normalized spacial score (nSPS) is 11.1. The van der Waals surface area contributed by atoms with E-state index in [2.05, 4.69) is 42.1 Å². The lowest BCUT2D eigenvalue weighted by atomic mass is 10.1. The van der Waals surface area contributed by atoms with Crippen LogP contribution in [0.1, 0.15) is 16.7 Å². The van der Waals surface area contributed by atoms with Gasteiger partial charge in [-0.3, -0.25) is 9.52 Å². The van der Waals surface area contributed by atoms with Crippen LogP contribution >= 0.6 is 11.8 Å². The van der Waals surface area contributed by atoms with E-state index < -0.39 is 10.0 Å². The number of benzene rings is 3. The molecule has 0 heterocycles. The smallest absolute Gasteiger partial charge is 0.262 e. The first-order valence-corrected chi connectivity index (χ1v) is 13.1. The molecule has 3 aromatic rings. The Bertz CT molecular complexity index is 1240. The molecular weight excluding hydrogens is 472 g/mol. The summed E-state index contributed by atoms with van der Waals surface area (Å²) in [4.78, 5) is 12.4. The third kappa shape index (κ3) is 6.91. The van der Waals surface area contributed by atoms with E-state index in [1.54, 1.807) is 30.3 Å². The molecule has 3 rings (SSSR count). The number of hydrogen-bond donors (Lipinski definition) is 2. The number of nitrogens with one attached hydrogen (secondary N) is 2. The Kier molecular flexibility index (Phi) is 8.46. The lowest BCUT2D eigenvalue weighted by Crippen LogP contribution is -2.15.